The Morgan fingerprint density at radius 1 is 0.837 bits per heavy atom. The van der Waals surface area contributed by atoms with E-state index in [0.29, 0.717) is 43.8 Å². The van der Waals surface area contributed by atoms with E-state index in [1.165, 1.54) is 0 Å². The maximum Gasteiger partial charge on any atom is 0.240 e. The summed E-state index contributed by atoms with van der Waals surface area (Å²) in [4.78, 5) is 30.0. The van der Waals surface area contributed by atoms with E-state index in [0.717, 1.165) is 11.1 Å². The Kier molecular flexibility index (Phi) is 16.5. The van der Waals surface area contributed by atoms with Gasteiger partial charge in [0.25, 0.3) is 0 Å². The van der Waals surface area contributed by atoms with Crippen molar-refractivity contribution in [1.29, 1.82) is 0 Å². The van der Waals surface area contributed by atoms with Crippen molar-refractivity contribution in [3.63, 3.8) is 0 Å². The van der Waals surface area contributed by atoms with E-state index in [4.69, 9.17) is 9.15 Å². The van der Waals surface area contributed by atoms with Crippen molar-refractivity contribution in [3.8, 4) is 5.75 Å². The van der Waals surface area contributed by atoms with Crippen LogP contribution in [0.2, 0.25) is 0 Å². The lowest BCUT2D eigenvalue weighted by atomic mass is 9.81. The Hall–Kier alpha value is -3.50. The molecule has 2 aromatic carbocycles. The fourth-order valence-corrected chi connectivity index (χ4v) is 6.33. The third-order valence-corrected chi connectivity index (χ3v) is 9.20. The predicted octanol–water partition coefficient (Wildman–Crippen LogP) is 5.59. The number of ketones is 1. The fraction of sp³-hybridized carbons (Fsp3) is 0.550. The van der Waals surface area contributed by atoms with E-state index in [2.05, 4.69) is 19.2 Å². The van der Waals surface area contributed by atoms with E-state index >= 15 is 0 Å². The second-order valence-electron chi connectivity index (χ2n) is 14.1. The van der Waals surface area contributed by atoms with Gasteiger partial charge in [-0.15, -0.1) is 0 Å². The van der Waals surface area contributed by atoms with E-state index < -0.39 is 36.3 Å². The first-order chi connectivity index (χ1) is 23.4. The monoisotopic (exact) mass is 678 g/mol. The predicted molar refractivity (Wildman–Crippen MR) is 192 cm³/mol. The van der Waals surface area contributed by atoms with Gasteiger partial charge in [-0.2, -0.15) is 0 Å². The summed E-state index contributed by atoms with van der Waals surface area (Å²) in [5.74, 6) is 0.316. The zero-order valence-corrected chi connectivity index (χ0v) is 30.1. The Morgan fingerprint density at radius 2 is 1.51 bits per heavy atom. The zero-order chi connectivity index (χ0) is 35.9. The minimum absolute atomic E-state index is 0.0299. The number of Topliss-reactive ketones (excluding diaryl/α,β-unsaturated/α-hetero) is 1. The van der Waals surface area contributed by atoms with Gasteiger partial charge >= 0.3 is 0 Å². The Balaban J connectivity index is 1.85. The summed E-state index contributed by atoms with van der Waals surface area (Å²) in [5, 5.41) is 36.1. The highest BCUT2D eigenvalue weighted by atomic mass is 16.5. The lowest BCUT2D eigenvalue weighted by molar-refractivity contribution is -0.144. The van der Waals surface area contributed by atoms with E-state index in [9.17, 15) is 24.9 Å². The van der Waals surface area contributed by atoms with Crippen molar-refractivity contribution in [1.82, 2.24) is 10.2 Å². The minimum atomic E-state index is -1.07. The SMILES string of the molecule is CN[C@@H](CC(C)C)C(=O)N(C)[C@@H](CC(C)CCC(C)O)C(=O)C(CC(O)Cc1ccc(OCc2ccco2)cc1)C(O)Cc1ccccc1. The summed E-state index contributed by atoms with van der Waals surface area (Å²) in [7, 11) is 3.42. The van der Waals surface area contributed by atoms with Crippen molar-refractivity contribution in [2.75, 3.05) is 14.1 Å². The highest BCUT2D eigenvalue weighted by Gasteiger charge is 2.39. The van der Waals surface area contributed by atoms with Crippen LogP contribution in [0.15, 0.2) is 77.4 Å². The molecule has 4 N–H and O–H groups in total. The molecular formula is C40H58N2O7. The third kappa shape index (κ3) is 13.4. The van der Waals surface area contributed by atoms with Gasteiger partial charge in [-0.05, 0) is 106 Å². The number of carbonyl (C=O) groups is 2. The van der Waals surface area contributed by atoms with Gasteiger partial charge in [-0.3, -0.25) is 9.59 Å². The first-order valence-electron chi connectivity index (χ1n) is 17.7. The summed E-state index contributed by atoms with van der Waals surface area (Å²) in [5.41, 5.74) is 1.74. The highest BCUT2D eigenvalue weighted by Crippen LogP contribution is 2.27. The molecule has 1 heterocycles. The van der Waals surface area contributed by atoms with Crippen LogP contribution in [0.25, 0.3) is 0 Å². The molecule has 0 radical (unpaired) electrons. The molecule has 0 bridgehead atoms. The number of nitrogens with zero attached hydrogens (tertiary/aromatic N) is 1. The number of furan rings is 1. The van der Waals surface area contributed by atoms with Crippen molar-refractivity contribution in [3.05, 3.63) is 89.9 Å². The minimum Gasteiger partial charge on any atom is -0.486 e. The molecule has 3 aromatic rings. The van der Waals surface area contributed by atoms with Crippen LogP contribution in [-0.2, 0) is 29.0 Å². The molecule has 0 aliphatic rings. The van der Waals surface area contributed by atoms with Crippen LogP contribution in [0.3, 0.4) is 0 Å². The molecular weight excluding hydrogens is 620 g/mol. The van der Waals surface area contributed by atoms with Crippen molar-refractivity contribution in [2.24, 2.45) is 17.8 Å². The lowest BCUT2D eigenvalue weighted by Gasteiger charge is -2.36. The van der Waals surface area contributed by atoms with Gasteiger partial charge in [0.15, 0.2) is 5.78 Å². The first-order valence-corrected chi connectivity index (χ1v) is 17.7. The standard InChI is InChI=1S/C40H58N2O7/c1-27(2)21-36(41-5)40(47)42(6)37(22-28(3)14-15-29(4)43)39(46)35(38(45)24-30-11-8-7-9-12-30)25-32(44)23-31-16-18-33(19-17-31)49-26-34-13-10-20-48-34/h7-13,16-20,27-29,32,35-38,41,43-45H,14-15,21-26H2,1-6H3/t28?,29?,32?,35?,36-,37-,38?/m0/s1. The number of benzene rings is 2. The van der Waals surface area contributed by atoms with Crippen LogP contribution in [-0.4, -0.2) is 76.4 Å². The third-order valence-electron chi connectivity index (χ3n) is 9.20. The average molecular weight is 679 g/mol. The summed E-state index contributed by atoms with van der Waals surface area (Å²) in [6.07, 6.45) is 1.95. The van der Waals surface area contributed by atoms with Gasteiger partial charge in [0, 0.05) is 13.0 Å². The van der Waals surface area contributed by atoms with Crippen molar-refractivity contribution in [2.45, 2.75) is 110 Å². The topological polar surface area (TPSA) is 132 Å². The maximum absolute atomic E-state index is 14.7. The average Bonchev–Trinajstić information content (AvgIpc) is 3.60. The molecule has 270 valence electrons. The largest absolute Gasteiger partial charge is 0.486 e. The summed E-state index contributed by atoms with van der Waals surface area (Å²) < 4.78 is 11.1. The van der Waals surface area contributed by atoms with Crippen molar-refractivity contribution >= 4 is 11.7 Å². The molecule has 9 nitrogen and oxygen atoms in total. The molecule has 0 aliphatic heterocycles. The highest BCUT2D eigenvalue weighted by molar-refractivity contribution is 5.92. The Bertz CT molecular complexity index is 1360. The molecule has 9 heteroatoms. The smallest absolute Gasteiger partial charge is 0.240 e. The number of aliphatic hydroxyl groups is 3. The zero-order valence-electron chi connectivity index (χ0n) is 30.1. The number of aliphatic hydroxyl groups excluding tert-OH is 3. The number of hydrogen-bond acceptors (Lipinski definition) is 8. The van der Waals surface area contributed by atoms with Crippen LogP contribution in [0.4, 0.5) is 0 Å². The molecule has 5 unspecified atom stereocenters. The maximum atomic E-state index is 14.7. The number of ether oxygens (including phenoxy) is 1. The van der Waals surface area contributed by atoms with Crippen LogP contribution < -0.4 is 10.1 Å². The first kappa shape index (κ1) is 39.9. The fourth-order valence-electron chi connectivity index (χ4n) is 6.33. The number of likely N-dealkylation sites (N-methyl/N-ethyl adjacent to an activating group) is 2. The molecule has 0 spiro atoms. The van der Waals surface area contributed by atoms with Gasteiger partial charge in [0.05, 0.1) is 36.7 Å². The number of carbonyl (C=O) groups excluding carboxylic acids is 2. The molecule has 49 heavy (non-hydrogen) atoms. The summed E-state index contributed by atoms with van der Waals surface area (Å²) in [6.45, 7) is 8.18. The van der Waals surface area contributed by atoms with Crippen molar-refractivity contribution < 1.29 is 34.1 Å². The molecule has 0 fully saturated rings. The van der Waals surface area contributed by atoms with E-state index in [-0.39, 0.29) is 42.8 Å². The molecule has 0 aliphatic carbocycles. The molecule has 1 aromatic heterocycles. The normalized spacial score (nSPS) is 16.0. The second kappa shape index (κ2) is 20.2. The number of rotatable bonds is 22. The van der Waals surface area contributed by atoms with Crippen LogP contribution in [0.5, 0.6) is 5.75 Å². The van der Waals surface area contributed by atoms with E-state index in [1.807, 2.05) is 67.6 Å². The molecule has 1 amide bonds. The number of nitrogens with one attached hydrogen (secondary N) is 1. The number of hydrogen-bond donors (Lipinski definition) is 4. The van der Waals surface area contributed by atoms with Gasteiger partial charge in [0.2, 0.25) is 5.91 Å². The van der Waals surface area contributed by atoms with Crippen LogP contribution in [0.1, 0.15) is 76.7 Å². The number of amides is 1. The summed E-state index contributed by atoms with van der Waals surface area (Å²) >= 11 is 0. The van der Waals surface area contributed by atoms with Gasteiger partial charge in [-0.1, -0.05) is 63.2 Å². The molecule has 0 saturated carbocycles. The quantitative estimate of drug-likeness (QED) is 0.108. The second-order valence-corrected chi connectivity index (χ2v) is 14.1. The van der Waals surface area contributed by atoms with Crippen LogP contribution in [0, 0.1) is 17.8 Å². The van der Waals surface area contributed by atoms with E-state index in [1.54, 1.807) is 38.2 Å². The summed E-state index contributed by atoms with van der Waals surface area (Å²) in [6, 6.07) is 19.3. The molecule has 3 rings (SSSR count). The Labute approximate surface area is 292 Å². The van der Waals surface area contributed by atoms with Gasteiger partial charge in [-0.25, -0.2) is 0 Å². The van der Waals surface area contributed by atoms with Gasteiger partial charge in [0.1, 0.15) is 18.1 Å². The lowest BCUT2D eigenvalue weighted by Crippen LogP contribution is -2.53. The van der Waals surface area contributed by atoms with Gasteiger partial charge < -0.3 is 34.7 Å². The molecule has 7 atom stereocenters. The Morgan fingerprint density at radius 3 is 2.10 bits per heavy atom. The van der Waals surface area contributed by atoms with Crippen LogP contribution >= 0.6 is 0 Å². The molecule has 0 saturated heterocycles.